The molecule has 0 radical (unpaired) electrons. The Morgan fingerprint density at radius 3 is 2.11 bits per heavy atom. The van der Waals surface area contributed by atoms with Crippen LogP contribution in [0.15, 0.2) is 42.5 Å². The first-order valence-corrected chi connectivity index (χ1v) is 8.06. The minimum atomic E-state index is -1.49. The Kier molecular flexibility index (Phi) is 6.45. The summed E-state index contributed by atoms with van der Waals surface area (Å²) in [5.41, 5.74) is 1.51. The van der Waals surface area contributed by atoms with E-state index in [1.54, 1.807) is 18.2 Å². The zero-order valence-electron chi connectivity index (χ0n) is 13.4. The normalized spacial score (nSPS) is 11.4. The van der Waals surface area contributed by atoms with E-state index in [1.807, 2.05) is 5.43 Å². The van der Waals surface area contributed by atoms with Crippen LogP contribution in [0.2, 0.25) is 10.0 Å². The van der Waals surface area contributed by atoms with Crippen molar-refractivity contribution in [3.63, 3.8) is 0 Å². The zero-order valence-corrected chi connectivity index (χ0v) is 15.0. The van der Waals surface area contributed by atoms with E-state index >= 15 is 0 Å². The highest BCUT2D eigenvalue weighted by Crippen LogP contribution is 2.35. The predicted molar refractivity (Wildman–Crippen MR) is 98.3 cm³/mol. The third kappa shape index (κ3) is 4.59. The fourth-order valence-electron chi connectivity index (χ4n) is 2.24. The number of benzene rings is 2. The van der Waals surface area contributed by atoms with E-state index in [0.29, 0.717) is 0 Å². The number of hydrazine groups is 1. The van der Waals surface area contributed by atoms with Crippen molar-refractivity contribution in [1.82, 2.24) is 5.43 Å². The minimum absolute atomic E-state index is 0.192. The maximum atomic E-state index is 12.5. The van der Waals surface area contributed by atoms with Crippen LogP contribution < -0.4 is 16.6 Å². The summed E-state index contributed by atoms with van der Waals surface area (Å²) in [6, 6.07) is 9.74. The number of nitrogens with two attached hydrogens (primary N) is 1. The van der Waals surface area contributed by atoms with Gasteiger partial charge in [0.25, 0.3) is 11.6 Å². The van der Waals surface area contributed by atoms with Crippen molar-refractivity contribution >= 4 is 52.2 Å². The number of nitrogens with zero attached hydrogens (tertiary/aromatic N) is 1. The Bertz CT molecular complexity index is 897. The maximum Gasteiger partial charge on any atom is 0.293 e. The summed E-state index contributed by atoms with van der Waals surface area (Å²) >= 11 is 11.8. The SMILES string of the molecule is NNC(=O)[C@@H](C(=O)C(=O)Nc1c(Cl)cc([N+](=O)[O-])cc1Cl)c1ccccc1. The molecule has 0 aliphatic rings. The zero-order chi connectivity index (χ0) is 20.1. The first-order valence-electron chi connectivity index (χ1n) is 7.30. The third-order valence-corrected chi connectivity index (χ3v) is 4.10. The number of rotatable bonds is 6. The average molecular weight is 411 g/mol. The molecule has 140 valence electrons. The summed E-state index contributed by atoms with van der Waals surface area (Å²) in [6.07, 6.45) is 0. The van der Waals surface area contributed by atoms with Gasteiger partial charge in [0, 0.05) is 12.1 Å². The molecule has 2 amide bonds. The Hall–Kier alpha value is -3.01. The van der Waals surface area contributed by atoms with Gasteiger partial charge < -0.3 is 5.32 Å². The number of halogens is 2. The lowest BCUT2D eigenvalue weighted by Gasteiger charge is -2.15. The van der Waals surface area contributed by atoms with Crippen LogP contribution in [0.5, 0.6) is 0 Å². The number of ketones is 1. The second kappa shape index (κ2) is 8.58. The molecular formula is C16H12Cl2N4O5. The van der Waals surface area contributed by atoms with Crippen molar-refractivity contribution in [2.45, 2.75) is 5.92 Å². The summed E-state index contributed by atoms with van der Waals surface area (Å²) in [5.74, 6) is 0.418. The van der Waals surface area contributed by atoms with Crippen LogP contribution in [0.25, 0.3) is 0 Å². The number of nitro groups is 1. The third-order valence-electron chi connectivity index (χ3n) is 3.50. The molecule has 0 spiro atoms. The fraction of sp³-hybridized carbons (Fsp3) is 0.0625. The molecule has 2 aromatic carbocycles. The van der Waals surface area contributed by atoms with E-state index in [-0.39, 0.29) is 27.0 Å². The average Bonchev–Trinajstić information content (AvgIpc) is 2.64. The molecule has 0 fully saturated rings. The smallest absolute Gasteiger partial charge is 0.293 e. The standard InChI is InChI=1S/C16H12Cl2N4O5/c17-10-6-9(22(26)27)7-11(18)13(10)20-16(25)14(23)12(15(24)21-19)8-4-2-1-3-5-8/h1-7,12H,19H2,(H,20,25)(H,21,24)/t12-/m1/s1. The molecule has 1 atom stereocenters. The van der Waals surface area contributed by atoms with E-state index in [0.717, 1.165) is 12.1 Å². The Morgan fingerprint density at radius 1 is 1.07 bits per heavy atom. The molecule has 0 saturated heterocycles. The molecular weight excluding hydrogens is 399 g/mol. The van der Waals surface area contributed by atoms with Crippen LogP contribution in [0.4, 0.5) is 11.4 Å². The number of hydrogen-bond donors (Lipinski definition) is 3. The van der Waals surface area contributed by atoms with Crippen molar-refractivity contribution in [2.75, 3.05) is 5.32 Å². The Labute approximate surface area is 162 Å². The summed E-state index contributed by atoms with van der Waals surface area (Å²) < 4.78 is 0. The summed E-state index contributed by atoms with van der Waals surface area (Å²) in [5, 5.41) is 12.5. The quantitative estimate of drug-likeness (QED) is 0.166. The van der Waals surface area contributed by atoms with Gasteiger partial charge in [-0.1, -0.05) is 53.5 Å². The largest absolute Gasteiger partial charge is 0.317 e. The predicted octanol–water partition coefficient (Wildman–Crippen LogP) is 2.18. The van der Waals surface area contributed by atoms with E-state index in [9.17, 15) is 24.5 Å². The number of non-ortho nitro benzene ring substituents is 1. The van der Waals surface area contributed by atoms with Crippen LogP contribution in [0.3, 0.4) is 0 Å². The summed E-state index contributed by atoms with van der Waals surface area (Å²) in [4.78, 5) is 46.9. The van der Waals surface area contributed by atoms with Crippen molar-refractivity contribution in [1.29, 1.82) is 0 Å². The van der Waals surface area contributed by atoms with Crippen molar-refractivity contribution in [2.24, 2.45) is 5.84 Å². The molecule has 0 aliphatic carbocycles. The van der Waals surface area contributed by atoms with Gasteiger partial charge in [0.2, 0.25) is 11.7 Å². The van der Waals surface area contributed by atoms with Crippen molar-refractivity contribution in [3.8, 4) is 0 Å². The molecule has 0 aromatic heterocycles. The maximum absolute atomic E-state index is 12.5. The van der Waals surface area contributed by atoms with E-state index in [2.05, 4.69) is 5.32 Å². The molecule has 0 bridgehead atoms. The van der Waals surface area contributed by atoms with Gasteiger partial charge in [-0.2, -0.15) is 0 Å². The molecule has 11 heteroatoms. The van der Waals surface area contributed by atoms with Gasteiger partial charge in [0.1, 0.15) is 5.92 Å². The number of anilines is 1. The lowest BCUT2D eigenvalue weighted by molar-refractivity contribution is -0.384. The van der Waals surface area contributed by atoms with Crippen LogP contribution in [0, 0.1) is 10.1 Å². The fourth-order valence-corrected chi connectivity index (χ4v) is 2.81. The van der Waals surface area contributed by atoms with Crippen LogP contribution >= 0.6 is 23.2 Å². The molecule has 4 N–H and O–H groups in total. The molecule has 0 aliphatic heterocycles. The topological polar surface area (TPSA) is 144 Å². The minimum Gasteiger partial charge on any atom is -0.317 e. The number of amides is 2. The highest BCUT2D eigenvalue weighted by Gasteiger charge is 2.33. The number of carbonyl (C=O) groups is 3. The van der Waals surface area contributed by atoms with Crippen LogP contribution in [-0.4, -0.2) is 22.5 Å². The number of carbonyl (C=O) groups excluding carboxylic acids is 3. The molecule has 2 rings (SSSR count). The van der Waals surface area contributed by atoms with E-state index in [1.165, 1.54) is 12.1 Å². The lowest BCUT2D eigenvalue weighted by Crippen LogP contribution is -2.41. The van der Waals surface area contributed by atoms with E-state index in [4.69, 9.17) is 29.0 Å². The van der Waals surface area contributed by atoms with Gasteiger partial charge >= 0.3 is 0 Å². The van der Waals surface area contributed by atoms with Crippen molar-refractivity contribution in [3.05, 3.63) is 68.2 Å². The van der Waals surface area contributed by atoms with Gasteiger partial charge in [-0.25, -0.2) is 5.84 Å². The highest BCUT2D eigenvalue weighted by atomic mass is 35.5. The summed E-state index contributed by atoms with van der Waals surface area (Å²) in [7, 11) is 0. The van der Waals surface area contributed by atoms with Gasteiger partial charge in [-0.05, 0) is 5.56 Å². The van der Waals surface area contributed by atoms with Gasteiger partial charge in [0.15, 0.2) is 0 Å². The first kappa shape index (κ1) is 20.3. The van der Waals surface area contributed by atoms with Crippen LogP contribution in [-0.2, 0) is 14.4 Å². The first-order chi connectivity index (χ1) is 12.8. The molecule has 0 saturated carbocycles. The Morgan fingerprint density at radius 2 is 1.63 bits per heavy atom. The van der Waals surface area contributed by atoms with Crippen LogP contribution in [0.1, 0.15) is 11.5 Å². The summed E-state index contributed by atoms with van der Waals surface area (Å²) in [6.45, 7) is 0. The van der Waals surface area contributed by atoms with E-state index < -0.39 is 28.4 Å². The van der Waals surface area contributed by atoms with Gasteiger partial charge in [-0.15, -0.1) is 0 Å². The number of hydrogen-bond acceptors (Lipinski definition) is 6. The Balaban J connectivity index is 2.32. The molecule has 0 unspecified atom stereocenters. The second-order valence-electron chi connectivity index (χ2n) is 5.21. The number of nitrogens with one attached hydrogen (secondary N) is 2. The van der Waals surface area contributed by atoms with Gasteiger partial charge in [0.05, 0.1) is 20.7 Å². The monoisotopic (exact) mass is 410 g/mol. The lowest BCUT2D eigenvalue weighted by atomic mass is 9.93. The van der Waals surface area contributed by atoms with Crippen molar-refractivity contribution < 1.29 is 19.3 Å². The number of nitro benzene ring substituents is 1. The molecule has 0 heterocycles. The highest BCUT2D eigenvalue weighted by molar-refractivity contribution is 6.48. The molecule has 2 aromatic rings. The molecule has 9 nitrogen and oxygen atoms in total. The number of Topliss-reactive ketones (excluding diaryl/α,β-unsaturated/α-hetero) is 1. The second-order valence-corrected chi connectivity index (χ2v) is 6.03. The van der Waals surface area contributed by atoms with Gasteiger partial charge in [-0.3, -0.25) is 29.9 Å². The molecule has 27 heavy (non-hydrogen) atoms.